The third kappa shape index (κ3) is 5.69. The Morgan fingerprint density at radius 2 is 1.47 bits per heavy atom. The Morgan fingerprint density at radius 3 is 2.16 bits per heavy atom. The van der Waals surface area contributed by atoms with Crippen LogP contribution in [-0.4, -0.2) is 131 Å². The molecule has 2 aromatic rings. The van der Waals surface area contributed by atoms with Gasteiger partial charge in [-0.3, -0.25) is 4.79 Å². The van der Waals surface area contributed by atoms with Gasteiger partial charge in [-0.2, -0.15) is 0 Å². The summed E-state index contributed by atoms with van der Waals surface area (Å²) in [5, 5.41) is 102. The van der Waals surface area contributed by atoms with Gasteiger partial charge in [0.1, 0.15) is 65.5 Å². The number of hydrogen-bond acceptors (Lipinski definition) is 16. The predicted octanol–water partition coefficient (Wildman–Crippen LogP) is -2.49. The Hall–Kier alpha value is -3.29. The highest BCUT2D eigenvalue weighted by Crippen LogP contribution is 2.45. The Bertz CT molecular complexity index is 1330. The summed E-state index contributed by atoms with van der Waals surface area (Å²) in [6.45, 7) is 0.672. The van der Waals surface area contributed by atoms with E-state index in [9.17, 15) is 55.9 Å². The molecule has 5 rings (SSSR count). The van der Waals surface area contributed by atoms with Crippen molar-refractivity contribution in [1.29, 1.82) is 0 Å². The van der Waals surface area contributed by atoms with Gasteiger partial charge in [0.25, 0.3) is 0 Å². The maximum atomic E-state index is 13.7. The van der Waals surface area contributed by atoms with Crippen molar-refractivity contribution >= 4 is 5.78 Å². The lowest BCUT2D eigenvalue weighted by Gasteiger charge is -2.42. The van der Waals surface area contributed by atoms with Crippen LogP contribution >= 0.6 is 0 Å². The van der Waals surface area contributed by atoms with Gasteiger partial charge in [-0.1, -0.05) is 6.07 Å². The number of benzene rings is 2. The molecule has 16 nitrogen and oxygen atoms in total. The number of phenolic OH excluding ortho intramolecular Hbond substituents is 3. The number of hydrogen-bond donors (Lipinski definition) is 10. The maximum absolute atomic E-state index is 13.7. The molecule has 0 aliphatic carbocycles. The maximum Gasteiger partial charge on any atom is 0.229 e. The molecule has 3 aliphatic rings. The molecule has 2 unspecified atom stereocenters. The van der Waals surface area contributed by atoms with Crippen LogP contribution < -0.4 is 9.47 Å². The molecule has 3 aliphatic heterocycles. The van der Waals surface area contributed by atoms with Crippen molar-refractivity contribution in [1.82, 2.24) is 0 Å². The molecule has 2 saturated heterocycles. The summed E-state index contributed by atoms with van der Waals surface area (Å²) in [6, 6.07) is 5.56. The van der Waals surface area contributed by atoms with Crippen LogP contribution in [-0.2, 0) is 14.2 Å². The number of aliphatic hydroxyl groups excluding tert-OH is 7. The van der Waals surface area contributed by atoms with Crippen LogP contribution in [0.25, 0.3) is 0 Å². The first kappa shape index (κ1) is 31.1. The quantitative estimate of drug-likeness (QED) is 0.162. The lowest BCUT2D eigenvalue weighted by Crippen LogP contribution is -2.60. The number of carbonyl (C=O) groups is 1. The molecule has 16 heteroatoms. The molecule has 0 amide bonds. The summed E-state index contributed by atoms with van der Waals surface area (Å²) in [5.74, 6) is -3.05. The molecular weight excluding hydrogens is 580 g/mol. The molecule has 2 aromatic carbocycles. The van der Waals surface area contributed by atoms with Gasteiger partial charge in [-0.25, -0.2) is 0 Å². The number of aliphatic hydroxyl groups is 7. The third-order valence-electron chi connectivity index (χ3n) is 7.59. The van der Waals surface area contributed by atoms with Crippen LogP contribution in [0.15, 0.2) is 30.3 Å². The standard InChI is InChI=1S/C27H32O16/c1-8-17(32)20(35)22(37)26(39-8)43-25-19(34)16-12(31)5-10(29)6-14(16)40-24(25)9-2-3-11(30)13(4-9)41-27-23(38)21(36)18(33)15(7-28)42-27/h2-6,8,15,17-18,20-33,35-38H,7H2,1H3/t8-,15+,17-,18+,20+,21-,22+,23+,24?,25?,26-,27+/m0/s1. The highest BCUT2D eigenvalue weighted by Gasteiger charge is 2.49. The smallest absolute Gasteiger partial charge is 0.229 e. The van der Waals surface area contributed by atoms with Crippen LogP contribution in [0, 0.1) is 0 Å². The number of ether oxygens (including phenoxy) is 5. The second-order valence-corrected chi connectivity index (χ2v) is 10.5. The first-order valence-electron chi connectivity index (χ1n) is 13.2. The molecule has 12 atom stereocenters. The van der Waals surface area contributed by atoms with Crippen molar-refractivity contribution < 1.29 is 79.5 Å². The van der Waals surface area contributed by atoms with Gasteiger partial charge < -0.3 is 74.7 Å². The van der Waals surface area contributed by atoms with E-state index >= 15 is 0 Å². The lowest BCUT2D eigenvalue weighted by molar-refractivity contribution is -0.304. The lowest BCUT2D eigenvalue weighted by atomic mass is 9.92. The van der Waals surface area contributed by atoms with Crippen LogP contribution in [0.4, 0.5) is 0 Å². The molecule has 0 aromatic heterocycles. The van der Waals surface area contributed by atoms with Crippen LogP contribution in [0.5, 0.6) is 28.7 Å². The van der Waals surface area contributed by atoms with Crippen molar-refractivity contribution in [3.63, 3.8) is 0 Å². The molecule has 236 valence electrons. The Morgan fingerprint density at radius 1 is 0.791 bits per heavy atom. The predicted molar refractivity (Wildman–Crippen MR) is 137 cm³/mol. The number of fused-ring (bicyclic) bond motifs is 1. The minimum atomic E-state index is -1.81. The highest BCUT2D eigenvalue weighted by atomic mass is 16.7. The second-order valence-electron chi connectivity index (χ2n) is 10.5. The summed E-state index contributed by atoms with van der Waals surface area (Å²) in [7, 11) is 0. The molecule has 10 N–H and O–H groups in total. The number of Topliss-reactive ketones (excluding diaryl/α,β-unsaturated/α-hetero) is 1. The largest absolute Gasteiger partial charge is 0.508 e. The average Bonchev–Trinajstić information content (AvgIpc) is 2.96. The van der Waals surface area contributed by atoms with Crippen molar-refractivity contribution in [2.24, 2.45) is 0 Å². The van der Waals surface area contributed by atoms with E-state index in [1.807, 2.05) is 0 Å². The molecular formula is C27H32O16. The van der Waals surface area contributed by atoms with Crippen LogP contribution in [0.3, 0.4) is 0 Å². The molecule has 0 bridgehead atoms. The van der Waals surface area contributed by atoms with E-state index in [4.69, 9.17) is 23.7 Å². The number of rotatable bonds is 6. The van der Waals surface area contributed by atoms with Crippen molar-refractivity contribution in [2.45, 2.75) is 80.5 Å². The zero-order chi connectivity index (χ0) is 31.3. The highest BCUT2D eigenvalue weighted by molar-refractivity contribution is 6.05. The number of carbonyl (C=O) groups excluding carboxylic acids is 1. The van der Waals surface area contributed by atoms with Crippen molar-refractivity contribution in [3.05, 3.63) is 41.5 Å². The molecule has 2 fully saturated rings. The topological polar surface area (TPSA) is 266 Å². The fourth-order valence-corrected chi connectivity index (χ4v) is 5.14. The van der Waals surface area contributed by atoms with Gasteiger partial charge in [-0.15, -0.1) is 0 Å². The van der Waals surface area contributed by atoms with E-state index in [2.05, 4.69) is 0 Å². The summed E-state index contributed by atoms with van der Waals surface area (Å²) in [6.07, 6.45) is -19.0. The van der Waals surface area contributed by atoms with Gasteiger partial charge in [0.2, 0.25) is 12.1 Å². The summed E-state index contributed by atoms with van der Waals surface area (Å²) in [5.41, 5.74) is -0.294. The summed E-state index contributed by atoms with van der Waals surface area (Å²) < 4.78 is 28.1. The normalized spacial score (nSPS) is 37.8. The van der Waals surface area contributed by atoms with E-state index in [-0.39, 0.29) is 22.6 Å². The fourth-order valence-electron chi connectivity index (χ4n) is 5.14. The second kappa shape index (κ2) is 12.0. The number of ketones is 1. The monoisotopic (exact) mass is 612 g/mol. The zero-order valence-electron chi connectivity index (χ0n) is 22.4. The first-order valence-corrected chi connectivity index (χ1v) is 13.2. The molecule has 0 saturated carbocycles. The van der Waals surface area contributed by atoms with Gasteiger partial charge >= 0.3 is 0 Å². The van der Waals surface area contributed by atoms with Gasteiger partial charge in [0.15, 0.2) is 30.0 Å². The molecule has 0 spiro atoms. The van der Waals surface area contributed by atoms with Gasteiger partial charge in [-0.05, 0) is 24.6 Å². The third-order valence-corrected chi connectivity index (χ3v) is 7.59. The fraction of sp³-hybridized carbons (Fsp3) is 0.519. The van der Waals surface area contributed by atoms with Gasteiger partial charge in [0.05, 0.1) is 12.7 Å². The number of aromatic hydroxyl groups is 3. The molecule has 0 radical (unpaired) electrons. The molecule has 3 heterocycles. The first-order chi connectivity index (χ1) is 20.3. The SMILES string of the molecule is C[C@@H]1O[C@@H](OC2C(=O)c3c(O)cc(O)cc3OC2c2ccc(O)c(O[C@@H]3O[C@H](CO)[C@@H](O)[C@H](O)[C@H]3O)c2)[C@H](O)[C@H](O)[C@H]1O. The summed E-state index contributed by atoms with van der Waals surface area (Å²) in [4.78, 5) is 13.7. The van der Waals surface area contributed by atoms with Crippen LogP contribution in [0.2, 0.25) is 0 Å². The van der Waals surface area contributed by atoms with E-state index in [1.54, 1.807) is 0 Å². The Kier molecular flexibility index (Phi) is 8.70. The average molecular weight is 613 g/mol. The van der Waals surface area contributed by atoms with E-state index in [0.29, 0.717) is 0 Å². The van der Waals surface area contributed by atoms with E-state index in [0.717, 1.165) is 24.3 Å². The molecule has 43 heavy (non-hydrogen) atoms. The minimum Gasteiger partial charge on any atom is -0.508 e. The summed E-state index contributed by atoms with van der Waals surface area (Å²) >= 11 is 0. The Balaban J connectivity index is 1.50. The Labute approximate surface area is 243 Å². The van der Waals surface area contributed by atoms with Crippen molar-refractivity contribution in [2.75, 3.05) is 6.61 Å². The minimum absolute atomic E-state index is 0.0724. The zero-order valence-corrected chi connectivity index (χ0v) is 22.4. The van der Waals surface area contributed by atoms with Crippen molar-refractivity contribution in [3.8, 4) is 28.7 Å². The van der Waals surface area contributed by atoms with Crippen LogP contribution in [0.1, 0.15) is 28.9 Å². The van der Waals surface area contributed by atoms with E-state index < -0.39 is 103 Å². The number of phenols is 3. The van der Waals surface area contributed by atoms with E-state index in [1.165, 1.54) is 13.0 Å². The van der Waals surface area contributed by atoms with Gasteiger partial charge in [0, 0.05) is 12.1 Å².